The second-order valence-electron chi connectivity index (χ2n) is 11.2. The van der Waals surface area contributed by atoms with Crippen LogP contribution in [0.25, 0.3) is 0 Å². The summed E-state index contributed by atoms with van der Waals surface area (Å²) in [6.07, 6.45) is 6.35. The van der Waals surface area contributed by atoms with Gasteiger partial charge in [-0.15, -0.1) is 0 Å². The molecule has 2 saturated heterocycles. The molecule has 1 unspecified atom stereocenters. The van der Waals surface area contributed by atoms with Crippen LogP contribution in [-0.2, 0) is 30.2 Å². The molecule has 1 aromatic rings. The Morgan fingerprint density at radius 3 is 2.58 bits per heavy atom. The first-order valence-electron chi connectivity index (χ1n) is 13.3. The summed E-state index contributed by atoms with van der Waals surface area (Å²) < 4.78 is 29.9. The molecule has 4 rings (SSSR count). The number of likely N-dealkylation sites (N-methyl/N-ethyl adjacent to an activating group) is 1. The third-order valence-electron chi connectivity index (χ3n) is 7.71. The number of ether oxygens (including phenoxy) is 5. The fourth-order valence-corrected chi connectivity index (χ4v) is 5.52. The predicted molar refractivity (Wildman–Crippen MR) is 138 cm³/mol. The van der Waals surface area contributed by atoms with E-state index in [0.29, 0.717) is 32.0 Å². The van der Waals surface area contributed by atoms with Crippen molar-refractivity contribution in [3.8, 4) is 5.75 Å². The molecule has 1 spiro atoms. The number of hydrogen-bond acceptors (Lipinski definition) is 7. The molecule has 7 nitrogen and oxygen atoms in total. The normalized spacial score (nSPS) is 33.4. The summed E-state index contributed by atoms with van der Waals surface area (Å²) in [7, 11) is 5.74. The van der Waals surface area contributed by atoms with Gasteiger partial charge in [-0.2, -0.15) is 0 Å². The number of nitrogens with zero attached hydrogens (tertiary/aromatic N) is 1. The van der Waals surface area contributed by atoms with Crippen LogP contribution in [0.15, 0.2) is 36.4 Å². The second kappa shape index (κ2) is 11.2. The third-order valence-corrected chi connectivity index (χ3v) is 7.71. The molecule has 1 aromatic carbocycles. The first-order chi connectivity index (χ1) is 17.2. The van der Waals surface area contributed by atoms with Crippen LogP contribution >= 0.6 is 0 Å². The van der Waals surface area contributed by atoms with E-state index in [4.69, 9.17) is 23.7 Å². The van der Waals surface area contributed by atoms with E-state index < -0.39 is 0 Å². The van der Waals surface area contributed by atoms with Crippen molar-refractivity contribution >= 4 is 5.97 Å². The lowest BCUT2D eigenvalue weighted by Crippen LogP contribution is -2.55. The van der Waals surface area contributed by atoms with Gasteiger partial charge in [0.15, 0.2) is 0 Å². The zero-order chi connectivity index (χ0) is 25.9. The van der Waals surface area contributed by atoms with E-state index in [0.717, 1.165) is 30.7 Å². The number of aryl methyl sites for hydroxylation is 1. The Bertz CT molecular complexity index is 909. The van der Waals surface area contributed by atoms with Gasteiger partial charge < -0.3 is 28.6 Å². The highest BCUT2D eigenvalue weighted by molar-refractivity contribution is 5.70. The minimum Gasteiger partial charge on any atom is -0.492 e. The summed E-state index contributed by atoms with van der Waals surface area (Å²) in [5.41, 5.74) is 0.486. The first kappa shape index (κ1) is 27.1. The average Bonchev–Trinajstić information content (AvgIpc) is 3.75. The molecule has 1 aliphatic carbocycles. The number of carbonyl (C=O) groups is 1. The van der Waals surface area contributed by atoms with Crippen LogP contribution in [0.3, 0.4) is 0 Å². The Balaban J connectivity index is 1.31. The maximum atomic E-state index is 12.8. The van der Waals surface area contributed by atoms with Gasteiger partial charge in [0, 0.05) is 20.1 Å². The largest absolute Gasteiger partial charge is 0.492 e. The van der Waals surface area contributed by atoms with E-state index in [9.17, 15) is 4.79 Å². The fourth-order valence-electron chi connectivity index (χ4n) is 5.52. The highest BCUT2D eigenvalue weighted by Gasteiger charge is 2.72. The van der Waals surface area contributed by atoms with E-state index in [1.807, 2.05) is 38.4 Å². The van der Waals surface area contributed by atoms with Gasteiger partial charge in [0.05, 0.1) is 12.5 Å². The highest BCUT2D eigenvalue weighted by Crippen LogP contribution is 2.59. The van der Waals surface area contributed by atoms with Crippen LogP contribution in [0.2, 0.25) is 0 Å². The van der Waals surface area contributed by atoms with Gasteiger partial charge >= 0.3 is 5.97 Å². The zero-order valence-electron chi connectivity index (χ0n) is 22.7. The van der Waals surface area contributed by atoms with Crippen molar-refractivity contribution in [2.45, 2.75) is 76.0 Å². The van der Waals surface area contributed by atoms with Gasteiger partial charge in [-0.3, -0.25) is 4.79 Å². The van der Waals surface area contributed by atoms with Gasteiger partial charge in [0.2, 0.25) is 0 Å². The molecule has 0 bridgehead atoms. The Morgan fingerprint density at radius 1 is 1.25 bits per heavy atom. The average molecular weight is 502 g/mol. The number of allylic oxidation sites excluding steroid dienone is 1. The minimum absolute atomic E-state index is 0.0170. The van der Waals surface area contributed by atoms with Crippen molar-refractivity contribution in [2.24, 2.45) is 11.8 Å². The van der Waals surface area contributed by atoms with Gasteiger partial charge in [0.25, 0.3) is 0 Å². The Morgan fingerprint density at radius 2 is 1.97 bits per heavy atom. The van der Waals surface area contributed by atoms with Crippen molar-refractivity contribution in [1.82, 2.24) is 4.90 Å². The van der Waals surface area contributed by atoms with Gasteiger partial charge in [-0.25, -0.2) is 0 Å². The molecule has 3 fully saturated rings. The van der Waals surface area contributed by atoms with Crippen LogP contribution in [0.1, 0.15) is 45.6 Å². The number of rotatable bonds is 12. The van der Waals surface area contributed by atoms with Crippen LogP contribution in [-0.4, -0.2) is 81.3 Å². The summed E-state index contributed by atoms with van der Waals surface area (Å²) in [4.78, 5) is 14.9. The minimum atomic E-state index is -0.371. The van der Waals surface area contributed by atoms with Crippen molar-refractivity contribution in [2.75, 3.05) is 41.0 Å². The topological polar surface area (TPSA) is 73.1 Å². The molecular weight excluding hydrogens is 458 g/mol. The number of esters is 1. The predicted octanol–water partition coefficient (Wildman–Crippen LogP) is 4.04. The second-order valence-corrected chi connectivity index (χ2v) is 11.2. The number of benzene rings is 1. The highest BCUT2D eigenvalue weighted by atomic mass is 16.6. The Labute approximate surface area is 216 Å². The van der Waals surface area contributed by atoms with E-state index in [2.05, 4.69) is 37.8 Å². The summed E-state index contributed by atoms with van der Waals surface area (Å²) in [5.74, 6) is 1.13. The lowest BCUT2D eigenvalue weighted by molar-refractivity contribution is -0.171. The molecular formula is C29H43NO6. The Hall–Kier alpha value is -1.93. The smallest absolute Gasteiger partial charge is 0.306 e. The van der Waals surface area contributed by atoms with Crippen LogP contribution in [0, 0.1) is 11.8 Å². The summed E-state index contributed by atoms with van der Waals surface area (Å²) >= 11 is 0. The monoisotopic (exact) mass is 501 g/mol. The molecule has 0 aromatic heterocycles. The van der Waals surface area contributed by atoms with E-state index >= 15 is 0 Å². The summed E-state index contributed by atoms with van der Waals surface area (Å²) in [5, 5.41) is 0. The van der Waals surface area contributed by atoms with E-state index in [-0.39, 0.29) is 41.4 Å². The van der Waals surface area contributed by atoms with Crippen molar-refractivity contribution < 1.29 is 28.5 Å². The molecule has 2 aliphatic heterocycles. The third kappa shape index (κ3) is 6.31. The molecule has 1 saturated carbocycles. The number of carbonyl (C=O) groups excluding carboxylic acids is 1. The van der Waals surface area contributed by atoms with Crippen LogP contribution in [0.4, 0.5) is 0 Å². The van der Waals surface area contributed by atoms with Gasteiger partial charge in [-0.05, 0) is 63.9 Å². The van der Waals surface area contributed by atoms with Gasteiger partial charge in [-0.1, -0.05) is 38.1 Å². The van der Waals surface area contributed by atoms with Crippen molar-refractivity contribution in [3.63, 3.8) is 0 Å². The lowest BCUT2D eigenvalue weighted by Gasteiger charge is -2.42. The molecule has 0 radical (unpaired) electrons. The van der Waals surface area contributed by atoms with Crippen molar-refractivity contribution in [1.29, 1.82) is 0 Å². The molecule has 0 amide bonds. The van der Waals surface area contributed by atoms with E-state index in [1.54, 1.807) is 7.11 Å². The first-order valence-corrected chi connectivity index (χ1v) is 13.3. The lowest BCUT2D eigenvalue weighted by atomic mass is 9.68. The summed E-state index contributed by atoms with van der Waals surface area (Å²) in [6.45, 7) is 8.68. The molecule has 3 aliphatic rings. The number of methoxy groups -OCH3 is 1. The fraction of sp³-hybridized carbons (Fsp3) is 0.690. The van der Waals surface area contributed by atoms with Crippen LogP contribution in [0.5, 0.6) is 5.75 Å². The van der Waals surface area contributed by atoms with Gasteiger partial charge in [0.1, 0.15) is 41.9 Å². The Kier molecular flexibility index (Phi) is 8.45. The zero-order valence-corrected chi connectivity index (χ0v) is 22.7. The maximum absolute atomic E-state index is 12.8. The molecule has 36 heavy (non-hydrogen) atoms. The molecule has 2 heterocycles. The van der Waals surface area contributed by atoms with Crippen LogP contribution < -0.4 is 4.74 Å². The molecule has 7 heteroatoms. The molecule has 200 valence electrons. The van der Waals surface area contributed by atoms with E-state index in [1.165, 1.54) is 0 Å². The SMILES string of the molecule is CO[C@@H]1C(OC(=O)CCc2ccc(OCCN(C)C)cc2)CC[C@]2(CO2)[C@H]1[C@@]1(C)O[C@@H]1/C=C/C(C)C. The molecule has 0 N–H and O–H groups in total. The van der Waals surface area contributed by atoms with Crippen molar-refractivity contribution in [3.05, 3.63) is 42.0 Å². The number of hydrogen-bond donors (Lipinski definition) is 0. The number of epoxide rings is 2. The summed E-state index contributed by atoms with van der Waals surface area (Å²) in [6, 6.07) is 7.94. The quantitative estimate of drug-likeness (QED) is 0.243. The molecule has 6 atom stereocenters. The maximum Gasteiger partial charge on any atom is 0.306 e. The standard InChI is InChI=1S/C29H43NO6/c1-20(2)7-13-24-28(3,36-24)27-26(32-6)23(15-16-29(27)19-34-29)35-25(31)14-10-21-8-11-22(12-9-21)33-18-17-30(4)5/h7-9,11-13,20,23-24,26-27H,10,14-19H2,1-6H3/b13-7+/t23?,24-,26-,27-,28+,29+/m1/s1.